The molecule has 0 bridgehead atoms. The van der Waals surface area contributed by atoms with Gasteiger partial charge in [-0.1, -0.05) is 25.4 Å². The molecule has 0 unspecified atom stereocenters. The van der Waals surface area contributed by atoms with Crippen LogP contribution in [0.25, 0.3) is 0 Å². The van der Waals surface area contributed by atoms with Gasteiger partial charge in [0, 0.05) is 45.8 Å². The van der Waals surface area contributed by atoms with E-state index in [9.17, 15) is 4.79 Å². The smallest absolute Gasteiger partial charge is 0.264 e. The number of rotatable bonds is 7. The third kappa shape index (κ3) is 4.95. The number of amides is 1. The summed E-state index contributed by atoms with van der Waals surface area (Å²) in [6, 6.07) is 3.63. The zero-order chi connectivity index (χ0) is 15.9. The Morgan fingerprint density at radius 1 is 1.18 bits per heavy atom. The lowest BCUT2D eigenvalue weighted by Gasteiger charge is -2.35. The molecule has 1 aliphatic rings. The molecule has 1 fully saturated rings. The maximum Gasteiger partial charge on any atom is 0.264 e. The number of hydrogen-bond donors (Lipinski definition) is 0. The molecule has 0 aliphatic carbocycles. The van der Waals surface area contributed by atoms with Gasteiger partial charge in [0.15, 0.2) is 0 Å². The van der Waals surface area contributed by atoms with E-state index >= 15 is 0 Å². The average molecular weight is 344 g/mol. The molecule has 2 heterocycles. The molecule has 124 valence electrons. The Labute approximate surface area is 142 Å². The van der Waals surface area contributed by atoms with Crippen molar-refractivity contribution in [2.24, 2.45) is 0 Å². The van der Waals surface area contributed by atoms with E-state index in [1.165, 1.54) is 11.3 Å². The fourth-order valence-electron chi connectivity index (χ4n) is 2.76. The van der Waals surface area contributed by atoms with Crippen LogP contribution in [0.15, 0.2) is 12.1 Å². The quantitative estimate of drug-likeness (QED) is 0.761. The van der Waals surface area contributed by atoms with Crippen molar-refractivity contribution in [2.75, 3.05) is 52.4 Å². The van der Waals surface area contributed by atoms with Gasteiger partial charge in [-0.2, -0.15) is 0 Å². The first kappa shape index (κ1) is 17.7. The minimum Gasteiger partial charge on any atom is -0.337 e. The summed E-state index contributed by atoms with van der Waals surface area (Å²) < 4.78 is 0.676. The first-order valence-corrected chi connectivity index (χ1v) is 9.32. The second kappa shape index (κ2) is 8.87. The summed E-state index contributed by atoms with van der Waals surface area (Å²) in [5.41, 5.74) is 0. The minimum absolute atomic E-state index is 0.117. The van der Waals surface area contributed by atoms with Crippen LogP contribution in [-0.4, -0.2) is 73.0 Å². The molecule has 0 atom stereocenters. The standard InChI is InChI=1S/C16H26ClN3OS/c1-3-7-20(16(21)14-5-6-15(17)22-14)13-12-19-10-8-18(4-2)9-11-19/h5-6H,3-4,7-13H2,1-2H3. The molecule has 0 N–H and O–H groups in total. The number of carbonyl (C=O) groups excluding carboxylic acids is 1. The van der Waals surface area contributed by atoms with Gasteiger partial charge in [0.25, 0.3) is 5.91 Å². The molecule has 0 saturated carbocycles. The number of thiophene rings is 1. The zero-order valence-corrected chi connectivity index (χ0v) is 15.1. The van der Waals surface area contributed by atoms with E-state index in [4.69, 9.17) is 11.6 Å². The molecule has 1 saturated heterocycles. The van der Waals surface area contributed by atoms with Crippen molar-refractivity contribution in [3.63, 3.8) is 0 Å². The lowest BCUT2D eigenvalue weighted by Crippen LogP contribution is -2.48. The predicted octanol–water partition coefficient (Wildman–Crippen LogP) is 2.89. The number of piperazine rings is 1. The van der Waals surface area contributed by atoms with Crippen LogP contribution in [0.5, 0.6) is 0 Å². The fraction of sp³-hybridized carbons (Fsp3) is 0.688. The summed E-state index contributed by atoms with van der Waals surface area (Å²) in [7, 11) is 0. The maximum atomic E-state index is 12.6. The third-order valence-corrected chi connectivity index (χ3v) is 5.38. The van der Waals surface area contributed by atoms with Gasteiger partial charge in [0.1, 0.15) is 0 Å². The lowest BCUT2D eigenvalue weighted by atomic mass is 10.3. The van der Waals surface area contributed by atoms with Crippen LogP contribution in [0, 0.1) is 0 Å². The van der Waals surface area contributed by atoms with Crippen LogP contribution >= 0.6 is 22.9 Å². The number of likely N-dealkylation sites (N-methyl/N-ethyl adjacent to an activating group) is 1. The fourth-order valence-corrected chi connectivity index (χ4v) is 3.77. The Hall–Kier alpha value is -0.620. The van der Waals surface area contributed by atoms with E-state index in [-0.39, 0.29) is 5.91 Å². The second-order valence-corrected chi connectivity index (χ2v) is 7.39. The Morgan fingerprint density at radius 2 is 1.86 bits per heavy atom. The van der Waals surface area contributed by atoms with Crippen LogP contribution in [0.2, 0.25) is 4.34 Å². The van der Waals surface area contributed by atoms with E-state index in [0.29, 0.717) is 4.34 Å². The van der Waals surface area contributed by atoms with Crippen LogP contribution in [0.4, 0.5) is 0 Å². The molecule has 0 aromatic carbocycles. The molecule has 0 spiro atoms. The number of nitrogens with zero attached hydrogens (tertiary/aromatic N) is 3. The van der Waals surface area contributed by atoms with E-state index in [1.807, 2.05) is 11.0 Å². The summed E-state index contributed by atoms with van der Waals surface area (Å²) in [6.07, 6.45) is 0.981. The SMILES string of the molecule is CCCN(CCN1CCN(CC)CC1)C(=O)c1ccc(Cl)s1. The molecule has 1 aromatic rings. The van der Waals surface area contributed by atoms with Crippen LogP contribution in [0.3, 0.4) is 0 Å². The highest BCUT2D eigenvalue weighted by Crippen LogP contribution is 2.22. The lowest BCUT2D eigenvalue weighted by molar-refractivity contribution is 0.0713. The van der Waals surface area contributed by atoms with Crippen molar-refractivity contribution < 1.29 is 4.79 Å². The third-order valence-electron chi connectivity index (χ3n) is 4.16. The molecule has 22 heavy (non-hydrogen) atoms. The molecular weight excluding hydrogens is 318 g/mol. The van der Waals surface area contributed by atoms with Gasteiger partial charge in [-0.25, -0.2) is 0 Å². The predicted molar refractivity (Wildman–Crippen MR) is 94.1 cm³/mol. The Morgan fingerprint density at radius 3 is 2.41 bits per heavy atom. The van der Waals surface area contributed by atoms with Gasteiger partial charge >= 0.3 is 0 Å². The van der Waals surface area contributed by atoms with Crippen molar-refractivity contribution >= 4 is 28.8 Å². The molecular formula is C16H26ClN3OS. The van der Waals surface area contributed by atoms with Crippen LogP contribution in [0.1, 0.15) is 29.9 Å². The van der Waals surface area contributed by atoms with E-state index in [1.54, 1.807) is 6.07 Å². The zero-order valence-electron chi connectivity index (χ0n) is 13.6. The van der Waals surface area contributed by atoms with Gasteiger partial charge in [-0.05, 0) is 25.1 Å². The maximum absolute atomic E-state index is 12.6. The highest BCUT2D eigenvalue weighted by Gasteiger charge is 2.20. The van der Waals surface area contributed by atoms with Crippen molar-refractivity contribution in [1.82, 2.24) is 14.7 Å². The summed E-state index contributed by atoms with van der Waals surface area (Å²) in [6.45, 7) is 12.5. The average Bonchev–Trinajstić information content (AvgIpc) is 2.98. The topological polar surface area (TPSA) is 26.8 Å². The summed E-state index contributed by atoms with van der Waals surface area (Å²) in [4.78, 5) is 20.2. The van der Waals surface area contributed by atoms with E-state index in [0.717, 1.165) is 63.7 Å². The molecule has 4 nitrogen and oxygen atoms in total. The van der Waals surface area contributed by atoms with Gasteiger partial charge in [-0.15, -0.1) is 11.3 Å². The van der Waals surface area contributed by atoms with Gasteiger partial charge in [-0.3, -0.25) is 9.69 Å². The number of halogens is 1. The van der Waals surface area contributed by atoms with E-state index in [2.05, 4.69) is 23.6 Å². The van der Waals surface area contributed by atoms with Gasteiger partial charge in [0.2, 0.25) is 0 Å². The summed E-state index contributed by atoms with van der Waals surface area (Å²) >= 11 is 7.32. The number of hydrogen-bond acceptors (Lipinski definition) is 4. The normalized spacial score (nSPS) is 16.9. The van der Waals surface area contributed by atoms with Gasteiger partial charge in [0.05, 0.1) is 9.21 Å². The van der Waals surface area contributed by atoms with Crippen LogP contribution < -0.4 is 0 Å². The molecule has 1 amide bonds. The first-order valence-electron chi connectivity index (χ1n) is 8.13. The van der Waals surface area contributed by atoms with Crippen molar-refractivity contribution in [3.8, 4) is 0 Å². The van der Waals surface area contributed by atoms with Crippen molar-refractivity contribution in [2.45, 2.75) is 20.3 Å². The molecule has 0 radical (unpaired) electrons. The molecule has 1 aromatic heterocycles. The Balaban J connectivity index is 1.85. The highest BCUT2D eigenvalue weighted by molar-refractivity contribution is 7.17. The highest BCUT2D eigenvalue weighted by atomic mass is 35.5. The van der Waals surface area contributed by atoms with Gasteiger partial charge < -0.3 is 9.80 Å². The van der Waals surface area contributed by atoms with Crippen molar-refractivity contribution in [1.29, 1.82) is 0 Å². The molecule has 1 aliphatic heterocycles. The summed E-state index contributed by atoms with van der Waals surface area (Å²) in [5.74, 6) is 0.117. The number of carbonyl (C=O) groups is 1. The molecule has 2 rings (SSSR count). The van der Waals surface area contributed by atoms with E-state index < -0.39 is 0 Å². The Bertz CT molecular complexity index is 472. The largest absolute Gasteiger partial charge is 0.337 e. The second-order valence-electron chi connectivity index (χ2n) is 5.67. The summed E-state index contributed by atoms with van der Waals surface area (Å²) in [5, 5.41) is 0. The monoisotopic (exact) mass is 343 g/mol. The van der Waals surface area contributed by atoms with Crippen molar-refractivity contribution in [3.05, 3.63) is 21.3 Å². The Kier molecular flexibility index (Phi) is 7.15. The molecule has 6 heteroatoms. The minimum atomic E-state index is 0.117. The van der Waals surface area contributed by atoms with Crippen LogP contribution in [-0.2, 0) is 0 Å². The first-order chi connectivity index (χ1) is 10.6.